The van der Waals surface area contributed by atoms with E-state index >= 15 is 0 Å². The molecular weight excluding hydrogens is 471 g/mol. The first-order valence-electron chi connectivity index (χ1n) is 11.1. The molecule has 6 nitrogen and oxygen atoms in total. The van der Waals surface area contributed by atoms with Crippen molar-refractivity contribution in [2.24, 2.45) is 5.92 Å². The van der Waals surface area contributed by atoms with Crippen molar-refractivity contribution in [1.82, 2.24) is 14.9 Å². The summed E-state index contributed by atoms with van der Waals surface area (Å²) in [6.07, 6.45) is 6.01. The van der Waals surface area contributed by atoms with Gasteiger partial charge in [0.15, 0.2) is 11.5 Å². The lowest BCUT2D eigenvalue weighted by Gasteiger charge is -2.31. The number of aromatic hydroxyl groups is 1. The minimum Gasteiger partial charge on any atom is -0.505 e. The standard InChI is InChI=1S/C25H28Cl2N4O2.CH4/c1-14(32)18-12-28-22-9-8-21(16-10-19(26)25(33)20(27)11-16)30-24(22)23(18)29-17-6-4-15(5-7-17)13-31(2)3;/h8-12,15,17,33H,4-7,13H2,1-3H3,(H,28,29);1H4. The van der Waals surface area contributed by atoms with Gasteiger partial charge in [-0.15, -0.1) is 0 Å². The molecule has 0 unspecified atom stereocenters. The van der Waals surface area contributed by atoms with Gasteiger partial charge < -0.3 is 15.3 Å². The molecule has 0 bridgehead atoms. The number of pyridine rings is 2. The maximum absolute atomic E-state index is 12.4. The van der Waals surface area contributed by atoms with E-state index in [2.05, 4.69) is 29.3 Å². The summed E-state index contributed by atoms with van der Waals surface area (Å²) in [6, 6.07) is 7.22. The summed E-state index contributed by atoms with van der Waals surface area (Å²) in [5, 5.41) is 13.8. The topological polar surface area (TPSA) is 78.3 Å². The quantitative estimate of drug-likeness (QED) is 0.366. The molecule has 1 fully saturated rings. The number of carbonyl (C=O) groups excluding carboxylic acids is 1. The van der Waals surface area contributed by atoms with Crippen molar-refractivity contribution in [2.45, 2.75) is 46.1 Å². The van der Waals surface area contributed by atoms with Crippen LogP contribution < -0.4 is 5.32 Å². The van der Waals surface area contributed by atoms with Crippen LogP contribution in [-0.2, 0) is 0 Å². The Morgan fingerprint density at radius 3 is 2.38 bits per heavy atom. The number of hydrogen-bond acceptors (Lipinski definition) is 6. The Morgan fingerprint density at radius 1 is 1.15 bits per heavy atom. The molecule has 0 spiro atoms. The van der Waals surface area contributed by atoms with Gasteiger partial charge in [-0.3, -0.25) is 9.78 Å². The monoisotopic (exact) mass is 502 g/mol. The number of hydrogen-bond donors (Lipinski definition) is 2. The number of benzene rings is 1. The Morgan fingerprint density at radius 2 is 1.79 bits per heavy atom. The van der Waals surface area contributed by atoms with Crippen LogP contribution >= 0.6 is 23.2 Å². The van der Waals surface area contributed by atoms with E-state index in [0.717, 1.165) is 37.9 Å². The zero-order valence-electron chi connectivity index (χ0n) is 19.0. The predicted octanol–water partition coefficient (Wildman–Crippen LogP) is 6.68. The van der Waals surface area contributed by atoms with E-state index in [1.807, 2.05) is 12.1 Å². The van der Waals surface area contributed by atoms with Crippen molar-refractivity contribution in [3.8, 4) is 17.0 Å². The summed E-state index contributed by atoms with van der Waals surface area (Å²) in [7, 11) is 4.23. The normalized spacial score (nSPS) is 18.1. The first kappa shape index (κ1) is 26.2. The molecule has 1 aliphatic carbocycles. The Labute approximate surface area is 211 Å². The number of nitrogens with one attached hydrogen (secondary N) is 1. The lowest BCUT2D eigenvalue weighted by atomic mass is 9.85. The smallest absolute Gasteiger partial charge is 0.163 e. The molecule has 1 aliphatic rings. The highest BCUT2D eigenvalue weighted by atomic mass is 35.5. The zero-order chi connectivity index (χ0) is 23.7. The third-order valence-electron chi connectivity index (χ3n) is 6.22. The van der Waals surface area contributed by atoms with Crippen molar-refractivity contribution in [2.75, 3.05) is 26.0 Å². The van der Waals surface area contributed by atoms with Crippen molar-refractivity contribution in [3.05, 3.63) is 46.1 Å². The molecule has 3 aromatic rings. The second-order valence-electron chi connectivity index (χ2n) is 9.08. The van der Waals surface area contributed by atoms with Crippen molar-refractivity contribution in [3.63, 3.8) is 0 Å². The zero-order valence-corrected chi connectivity index (χ0v) is 20.5. The van der Waals surface area contributed by atoms with E-state index in [1.54, 1.807) is 25.3 Å². The molecule has 0 aliphatic heterocycles. The van der Waals surface area contributed by atoms with E-state index in [4.69, 9.17) is 28.2 Å². The van der Waals surface area contributed by atoms with Gasteiger partial charge in [-0.1, -0.05) is 30.6 Å². The summed E-state index contributed by atoms with van der Waals surface area (Å²) in [5.74, 6) is 0.486. The molecule has 0 amide bonds. The maximum Gasteiger partial charge on any atom is 0.163 e. The Balaban J connectivity index is 0.00000324. The summed E-state index contributed by atoms with van der Waals surface area (Å²) >= 11 is 12.2. The van der Waals surface area contributed by atoms with Crippen LogP contribution in [0.5, 0.6) is 5.75 Å². The molecule has 2 heterocycles. The molecule has 2 N–H and O–H groups in total. The van der Waals surface area contributed by atoms with Crippen LogP contribution in [0, 0.1) is 5.92 Å². The second-order valence-corrected chi connectivity index (χ2v) is 9.89. The summed E-state index contributed by atoms with van der Waals surface area (Å²) in [5.41, 5.74) is 3.89. The van der Waals surface area contributed by atoms with Crippen LogP contribution in [0.25, 0.3) is 22.3 Å². The Kier molecular flexibility index (Phi) is 8.39. The van der Waals surface area contributed by atoms with Crippen LogP contribution in [0.1, 0.15) is 50.4 Å². The Hall–Kier alpha value is -2.41. The number of Topliss-reactive ketones (excluding diaryl/α,β-unsaturated/α-hetero) is 1. The second kappa shape index (κ2) is 10.9. The van der Waals surface area contributed by atoms with Gasteiger partial charge in [-0.05, 0) is 76.9 Å². The largest absolute Gasteiger partial charge is 0.505 e. The number of aromatic nitrogens is 2. The highest BCUT2D eigenvalue weighted by molar-refractivity contribution is 6.37. The highest BCUT2D eigenvalue weighted by Gasteiger charge is 2.24. The van der Waals surface area contributed by atoms with Crippen LogP contribution in [0.2, 0.25) is 10.0 Å². The summed E-state index contributed by atoms with van der Waals surface area (Å²) < 4.78 is 0. The molecule has 0 radical (unpaired) electrons. The van der Waals surface area contributed by atoms with Gasteiger partial charge in [0, 0.05) is 24.3 Å². The SMILES string of the molecule is C.CC(=O)c1cnc2ccc(-c3cc(Cl)c(O)c(Cl)c3)nc2c1NC1CCC(CN(C)C)CC1. The van der Waals surface area contributed by atoms with Crippen LogP contribution in [0.3, 0.4) is 0 Å². The van der Waals surface area contributed by atoms with Gasteiger partial charge in [0.25, 0.3) is 0 Å². The number of ketones is 1. The Bertz CT molecular complexity index is 1170. The minimum absolute atomic E-state index is 0. The number of carbonyl (C=O) groups is 1. The van der Waals surface area contributed by atoms with Crippen molar-refractivity contribution < 1.29 is 9.90 Å². The average Bonchev–Trinajstić information content (AvgIpc) is 2.77. The number of rotatable bonds is 6. The molecule has 34 heavy (non-hydrogen) atoms. The van der Waals surface area contributed by atoms with Gasteiger partial charge in [0.1, 0.15) is 5.52 Å². The molecule has 4 rings (SSSR count). The van der Waals surface area contributed by atoms with E-state index in [9.17, 15) is 9.90 Å². The number of phenols is 1. The molecule has 2 aromatic heterocycles. The van der Waals surface area contributed by atoms with E-state index < -0.39 is 0 Å². The number of anilines is 1. The van der Waals surface area contributed by atoms with Gasteiger partial charge in [0.2, 0.25) is 0 Å². The fraction of sp³-hybridized carbons (Fsp3) is 0.423. The van der Waals surface area contributed by atoms with Crippen LogP contribution in [-0.4, -0.2) is 52.4 Å². The predicted molar refractivity (Wildman–Crippen MR) is 141 cm³/mol. The van der Waals surface area contributed by atoms with Gasteiger partial charge in [0.05, 0.1) is 32.5 Å². The molecule has 8 heteroatoms. The molecular formula is C26H32Cl2N4O2. The molecule has 182 valence electrons. The average molecular weight is 503 g/mol. The minimum atomic E-state index is -0.157. The molecule has 0 atom stereocenters. The third-order valence-corrected chi connectivity index (χ3v) is 6.80. The maximum atomic E-state index is 12.4. The van der Waals surface area contributed by atoms with Crippen LogP contribution in [0.4, 0.5) is 5.69 Å². The third kappa shape index (κ3) is 5.62. The van der Waals surface area contributed by atoms with Crippen molar-refractivity contribution in [1.29, 1.82) is 0 Å². The van der Waals surface area contributed by atoms with E-state index in [1.165, 1.54) is 0 Å². The first-order chi connectivity index (χ1) is 15.7. The lowest BCUT2D eigenvalue weighted by Crippen LogP contribution is -2.31. The van der Waals surface area contributed by atoms with Gasteiger partial charge >= 0.3 is 0 Å². The summed E-state index contributed by atoms with van der Waals surface area (Å²) in [4.78, 5) is 24.0. The van der Waals surface area contributed by atoms with E-state index in [-0.39, 0.29) is 35.0 Å². The highest BCUT2D eigenvalue weighted by Crippen LogP contribution is 2.37. The fourth-order valence-electron chi connectivity index (χ4n) is 4.56. The molecule has 0 saturated heterocycles. The number of nitrogens with zero attached hydrogens (tertiary/aromatic N) is 3. The number of phenolic OH excluding ortho intramolecular Hbond substituents is 1. The number of halogens is 2. The van der Waals surface area contributed by atoms with E-state index in [0.29, 0.717) is 33.8 Å². The lowest BCUT2D eigenvalue weighted by molar-refractivity contribution is 0.101. The first-order valence-corrected chi connectivity index (χ1v) is 11.9. The van der Waals surface area contributed by atoms with Crippen LogP contribution in [0.15, 0.2) is 30.5 Å². The molecule has 1 aromatic carbocycles. The van der Waals surface area contributed by atoms with Gasteiger partial charge in [-0.25, -0.2) is 4.98 Å². The summed E-state index contributed by atoms with van der Waals surface area (Å²) in [6.45, 7) is 2.65. The van der Waals surface area contributed by atoms with Crippen molar-refractivity contribution >= 4 is 45.7 Å². The fourth-order valence-corrected chi connectivity index (χ4v) is 5.05. The molecule has 1 saturated carbocycles. The number of fused-ring (bicyclic) bond motifs is 1. The van der Waals surface area contributed by atoms with Gasteiger partial charge in [-0.2, -0.15) is 0 Å².